The molecule has 11 heteroatoms. The topological polar surface area (TPSA) is 115 Å². The first-order valence-electron chi connectivity index (χ1n) is 11.7. The Labute approximate surface area is 227 Å². The Bertz CT molecular complexity index is 1540. The largest absolute Gasteiger partial charge is 0.466 e. The van der Waals surface area contributed by atoms with Gasteiger partial charge in [0.05, 0.1) is 42.9 Å². The minimum atomic E-state index is -4.54. The first-order chi connectivity index (χ1) is 19.1. The highest BCUT2D eigenvalue weighted by molar-refractivity contribution is 6.06. The van der Waals surface area contributed by atoms with Crippen LogP contribution in [0.4, 0.5) is 18.9 Å². The second kappa shape index (κ2) is 11.2. The molecule has 1 aliphatic rings. The third-order valence-electron chi connectivity index (χ3n) is 6.10. The van der Waals surface area contributed by atoms with E-state index >= 15 is 0 Å². The number of esters is 2. The third-order valence-corrected chi connectivity index (χ3v) is 6.10. The van der Waals surface area contributed by atoms with E-state index in [1.165, 1.54) is 41.3 Å². The number of carbonyl (C=O) groups is 2. The Hall–Kier alpha value is -5.24. The second-order valence-electron chi connectivity index (χ2n) is 8.46. The maximum atomic E-state index is 13.1. The van der Waals surface area contributed by atoms with Crippen LogP contribution in [0, 0.1) is 11.3 Å². The fourth-order valence-corrected chi connectivity index (χ4v) is 4.32. The van der Waals surface area contributed by atoms with Crippen molar-refractivity contribution < 1.29 is 37.0 Å². The summed E-state index contributed by atoms with van der Waals surface area (Å²) in [5.74, 6) is -2.79. The summed E-state index contributed by atoms with van der Waals surface area (Å²) >= 11 is 0. The van der Waals surface area contributed by atoms with Gasteiger partial charge in [0, 0.05) is 5.69 Å². The van der Waals surface area contributed by atoms with Gasteiger partial charge in [-0.25, -0.2) is 9.59 Å². The summed E-state index contributed by atoms with van der Waals surface area (Å²) in [5.41, 5.74) is 5.92. The number of allylic oxidation sites excluding steroid dienone is 1. The Balaban J connectivity index is 1.82. The predicted octanol–water partition coefficient (Wildman–Crippen LogP) is 5.40. The number of hydrogen-bond donors (Lipinski definition) is 1. The molecular weight excluding hydrogens is 527 g/mol. The first kappa shape index (κ1) is 27.8. The van der Waals surface area contributed by atoms with Crippen LogP contribution in [0.5, 0.6) is 11.5 Å². The lowest BCUT2D eigenvalue weighted by atomic mass is 9.81. The van der Waals surface area contributed by atoms with Gasteiger partial charge < -0.3 is 19.9 Å². The number of methoxy groups -OCH3 is 2. The monoisotopic (exact) mass is 549 g/mol. The van der Waals surface area contributed by atoms with Crippen LogP contribution in [0.1, 0.15) is 17.0 Å². The lowest BCUT2D eigenvalue weighted by Crippen LogP contribution is -2.40. The van der Waals surface area contributed by atoms with E-state index in [1.807, 2.05) is 0 Å². The fourth-order valence-electron chi connectivity index (χ4n) is 4.32. The fraction of sp³-hybridized carbons (Fsp3) is 0.138. The second-order valence-corrected chi connectivity index (χ2v) is 8.46. The number of benzene rings is 3. The number of anilines is 1. The van der Waals surface area contributed by atoms with Gasteiger partial charge >= 0.3 is 18.1 Å². The van der Waals surface area contributed by atoms with E-state index in [-0.39, 0.29) is 39.9 Å². The molecule has 3 aromatic carbocycles. The molecule has 0 fully saturated rings. The zero-order chi connectivity index (χ0) is 29.0. The number of nitrogens with two attached hydrogens (primary N) is 1. The minimum Gasteiger partial charge on any atom is -0.466 e. The Morgan fingerprint density at radius 1 is 0.900 bits per heavy atom. The molecule has 0 amide bonds. The van der Waals surface area contributed by atoms with Crippen LogP contribution in [0.3, 0.4) is 0 Å². The number of ether oxygens (including phenoxy) is 3. The van der Waals surface area contributed by atoms with Crippen LogP contribution in [0.15, 0.2) is 102 Å². The number of alkyl halides is 3. The third kappa shape index (κ3) is 5.33. The van der Waals surface area contributed by atoms with Crippen LogP contribution >= 0.6 is 0 Å². The number of nitriles is 1. The van der Waals surface area contributed by atoms with Crippen LogP contribution in [-0.4, -0.2) is 26.2 Å². The van der Waals surface area contributed by atoms with E-state index < -0.39 is 29.6 Å². The molecule has 0 saturated carbocycles. The van der Waals surface area contributed by atoms with Gasteiger partial charge in [-0.2, -0.15) is 18.4 Å². The average Bonchev–Trinajstić information content (AvgIpc) is 2.96. The van der Waals surface area contributed by atoms with Gasteiger partial charge in [0.15, 0.2) is 0 Å². The van der Waals surface area contributed by atoms with Crippen molar-refractivity contribution in [1.29, 1.82) is 5.26 Å². The maximum absolute atomic E-state index is 13.1. The quantitative estimate of drug-likeness (QED) is 0.407. The van der Waals surface area contributed by atoms with Crippen molar-refractivity contribution in [3.8, 4) is 17.6 Å². The van der Waals surface area contributed by atoms with Gasteiger partial charge in [0.1, 0.15) is 23.0 Å². The Morgan fingerprint density at radius 3 is 2.12 bits per heavy atom. The summed E-state index contributed by atoms with van der Waals surface area (Å²) in [6.07, 6.45) is -4.54. The van der Waals surface area contributed by atoms with Gasteiger partial charge in [-0.05, 0) is 48.0 Å². The van der Waals surface area contributed by atoms with Crippen LogP contribution in [0.25, 0.3) is 0 Å². The molecule has 1 heterocycles. The van der Waals surface area contributed by atoms with Crippen molar-refractivity contribution in [2.45, 2.75) is 12.1 Å². The molecular formula is C29H22F3N3O5. The lowest BCUT2D eigenvalue weighted by Gasteiger charge is -2.35. The van der Waals surface area contributed by atoms with E-state index in [1.54, 1.807) is 30.3 Å². The molecule has 40 heavy (non-hydrogen) atoms. The highest BCUT2D eigenvalue weighted by atomic mass is 19.4. The summed E-state index contributed by atoms with van der Waals surface area (Å²) in [5, 5.41) is 10.1. The van der Waals surface area contributed by atoms with Crippen molar-refractivity contribution in [3.63, 3.8) is 0 Å². The van der Waals surface area contributed by atoms with Gasteiger partial charge in [-0.3, -0.25) is 4.90 Å². The van der Waals surface area contributed by atoms with Gasteiger partial charge in [-0.1, -0.05) is 36.4 Å². The van der Waals surface area contributed by atoms with E-state index in [0.717, 1.165) is 26.4 Å². The van der Waals surface area contributed by atoms with Crippen molar-refractivity contribution in [3.05, 3.63) is 113 Å². The van der Waals surface area contributed by atoms with E-state index in [9.17, 15) is 28.0 Å². The summed E-state index contributed by atoms with van der Waals surface area (Å²) in [6, 6.07) is 20.8. The molecule has 1 unspecified atom stereocenters. The first-order valence-corrected chi connectivity index (χ1v) is 11.7. The van der Waals surface area contributed by atoms with Gasteiger partial charge in [0.25, 0.3) is 0 Å². The Morgan fingerprint density at radius 2 is 1.55 bits per heavy atom. The van der Waals surface area contributed by atoms with Crippen molar-refractivity contribution in [2.75, 3.05) is 19.1 Å². The molecule has 0 bridgehead atoms. The van der Waals surface area contributed by atoms with E-state index in [0.29, 0.717) is 5.56 Å². The molecule has 3 aromatic rings. The van der Waals surface area contributed by atoms with Crippen LogP contribution < -0.4 is 15.4 Å². The number of nitrogens with zero attached hydrogens (tertiary/aromatic N) is 2. The summed E-state index contributed by atoms with van der Waals surface area (Å²) in [6.45, 7) is 0. The van der Waals surface area contributed by atoms with Crippen molar-refractivity contribution in [1.82, 2.24) is 0 Å². The summed E-state index contributed by atoms with van der Waals surface area (Å²) < 4.78 is 54.8. The van der Waals surface area contributed by atoms with Crippen molar-refractivity contribution >= 4 is 17.6 Å². The number of hydrogen-bond acceptors (Lipinski definition) is 8. The SMILES string of the molecule is COC(=O)C1=C(C(=O)OC)N(c2ccc(Oc3cccc(C(F)(F)F)c3)cc2)C(N)=C(C#N)C1c1ccccc1. The molecule has 0 saturated heterocycles. The standard InChI is InChI=1S/C29H22F3N3O5/c1-38-27(36)24-23(17-7-4-3-5-8-17)22(16-33)26(34)35(25(24)28(37)39-2)19-11-13-20(14-12-19)40-21-10-6-9-18(15-21)29(30,31)32/h3-15,23H,34H2,1-2H3. The molecule has 0 aromatic heterocycles. The van der Waals surface area contributed by atoms with Gasteiger partial charge in [-0.15, -0.1) is 0 Å². The maximum Gasteiger partial charge on any atom is 0.416 e. The molecule has 0 radical (unpaired) electrons. The molecule has 8 nitrogen and oxygen atoms in total. The van der Waals surface area contributed by atoms with Gasteiger partial charge in [0.2, 0.25) is 0 Å². The minimum absolute atomic E-state index is 0.0106. The molecule has 0 spiro atoms. The lowest BCUT2D eigenvalue weighted by molar-refractivity contribution is -0.139. The van der Waals surface area contributed by atoms with Crippen LogP contribution in [0.2, 0.25) is 0 Å². The molecule has 204 valence electrons. The normalized spacial score (nSPS) is 15.4. The number of rotatable bonds is 6. The van der Waals surface area contributed by atoms with E-state index in [2.05, 4.69) is 6.07 Å². The van der Waals surface area contributed by atoms with Crippen molar-refractivity contribution in [2.24, 2.45) is 5.73 Å². The predicted molar refractivity (Wildman–Crippen MR) is 138 cm³/mol. The Kier molecular flexibility index (Phi) is 7.81. The highest BCUT2D eigenvalue weighted by Crippen LogP contribution is 2.43. The number of halogens is 3. The molecule has 0 aliphatic carbocycles. The zero-order valence-corrected chi connectivity index (χ0v) is 21.2. The summed E-state index contributed by atoms with van der Waals surface area (Å²) in [7, 11) is 2.27. The molecule has 2 N–H and O–H groups in total. The highest BCUT2D eigenvalue weighted by Gasteiger charge is 2.43. The summed E-state index contributed by atoms with van der Waals surface area (Å²) in [4.78, 5) is 27.4. The average molecular weight is 550 g/mol. The molecule has 1 aliphatic heterocycles. The smallest absolute Gasteiger partial charge is 0.416 e. The zero-order valence-electron chi connectivity index (χ0n) is 21.2. The molecule has 1 atom stereocenters. The van der Waals surface area contributed by atoms with Crippen LogP contribution in [-0.2, 0) is 25.2 Å². The molecule has 4 rings (SSSR count). The van der Waals surface area contributed by atoms with E-state index in [4.69, 9.17) is 19.9 Å². The number of carbonyl (C=O) groups excluding carboxylic acids is 2.